The van der Waals surface area contributed by atoms with E-state index in [9.17, 15) is 0 Å². The van der Waals surface area contributed by atoms with E-state index in [0.29, 0.717) is 0 Å². The fourth-order valence-corrected chi connectivity index (χ4v) is 2.40. The predicted molar refractivity (Wildman–Crippen MR) is 67.8 cm³/mol. The van der Waals surface area contributed by atoms with Crippen molar-refractivity contribution in [3.63, 3.8) is 0 Å². The molecule has 3 heteroatoms. The van der Waals surface area contributed by atoms with Crippen LogP contribution in [0.3, 0.4) is 0 Å². The predicted octanol–water partition coefficient (Wildman–Crippen LogP) is 2.90. The van der Waals surface area contributed by atoms with Crippen molar-refractivity contribution >= 4 is 11.3 Å². The molecule has 0 aliphatic heterocycles. The molecule has 0 aliphatic carbocycles. The van der Waals surface area contributed by atoms with Crippen LogP contribution < -0.4 is 11.5 Å². The maximum atomic E-state index is 5.97. The topological polar surface area (TPSA) is 52.0 Å². The van der Waals surface area contributed by atoms with Gasteiger partial charge in [0.25, 0.3) is 0 Å². The molecule has 0 amide bonds. The Morgan fingerprint density at radius 3 is 1.80 bits per heavy atom. The van der Waals surface area contributed by atoms with Crippen LogP contribution in [0.25, 0.3) is 0 Å². The van der Waals surface area contributed by atoms with E-state index < -0.39 is 0 Å². The summed E-state index contributed by atoms with van der Waals surface area (Å²) in [6.45, 7) is 7.37. The van der Waals surface area contributed by atoms with Crippen molar-refractivity contribution in [1.82, 2.24) is 0 Å². The van der Waals surface area contributed by atoms with Gasteiger partial charge in [0.15, 0.2) is 0 Å². The zero-order chi connectivity index (χ0) is 11.3. The van der Waals surface area contributed by atoms with Gasteiger partial charge in [-0.05, 0) is 25.0 Å². The summed E-state index contributed by atoms with van der Waals surface area (Å²) < 4.78 is 0. The first-order valence-corrected chi connectivity index (χ1v) is 5.83. The van der Waals surface area contributed by atoms with Gasteiger partial charge in [-0.25, -0.2) is 0 Å². The van der Waals surface area contributed by atoms with Crippen LogP contribution in [0.15, 0.2) is 37.4 Å². The zero-order valence-electron chi connectivity index (χ0n) is 8.86. The molecule has 4 N–H and O–H groups in total. The molecule has 82 valence electrons. The van der Waals surface area contributed by atoms with E-state index in [0.717, 1.165) is 12.8 Å². The minimum atomic E-state index is 0.0529. The van der Waals surface area contributed by atoms with Crippen molar-refractivity contribution in [3.8, 4) is 0 Å². The van der Waals surface area contributed by atoms with E-state index >= 15 is 0 Å². The molecule has 1 aromatic rings. The van der Waals surface area contributed by atoms with E-state index in [1.54, 1.807) is 11.3 Å². The van der Waals surface area contributed by atoms with E-state index in [4.69, 9.17) is 11.5 Å². The van der Waals surface area contributed by atoms with Crippen LogP contribution in [0.4, 0.5) is 0 Å². The highest BCUT2D eigenvalue weighted by Gasteiger charge is 2.11. The summed E-state index contributed by atoms with van der Waals surface area (Å²) in [5, 5.41) is 0. The van der Waals surface area contributed by atoms with Gasteiger partial charge >= 0.3 is 0 Å². The van der Waals surface area contributed by atoms with Crippen molar-refractivity contribution in [2.24, 2.45) is 11.5 Å². The normalized spacial score (nSPS) is 14.5. The molecule has 0 bridgehead atoms. The Hall–Kier alpha value is -0.900. The molecule has 2 atom stereocenters. The van der Waals surface area contributed by atoms with E-state index in [1.165, 1.54) is 9.75 Å². The van der Waals surface area contributed by atoms with Gasteiger partial charge in [0.05, 0.1) is 0 Å². The first kappa shape index (κ1) is 12.2. The number of hydrogen-bond acceptors (Lipinski definition) is 3. The minimum Gasteiger partial charge on any atom is -0.323 e. The number of hydrogen-bond donors (Lipinski definition) is 2. The highest BCUT2D eigenvalue weighted by molar-refractivity contribution is 7.12. The van der Waals surface area contributed by atoms with E-state index in [-0.39, 0.29) is 12.1 Å². The molecule has 1 heterocycles. The van der Waals surface area contributed by atoms with Crippen LogP contribution in [0.1, 0.15) is 34.7 Å². The Kier molecular flexibility index (Phi) is 4.75. The molecule has 0 fully saturated rings. The zero-order valence-corrected chi connectivity index (χ0v) is 9.67. The summed E-state index contributed by atoms with van der Waals surface area (Å²) in [5.41, 5.74) is 11.9. The summed E-state index contributed by atoms with van der Waals surface area (Å²) in [4.78, 5) is 2.34. The smallest absolute Gasteiger partial charge is 0.0424 e. The third-order valence-electron chi connectivity index (χ3n) is 2.22. The van der Waals surface area contributed by atoms with Gasteiger partial charge in [-0.2, -0.15) is 0 Å². The van der Waals surface area contributed by atoms with Crippen molar-refractivity contribution in [3.05, 3.63) is 47.2 Å². The first-order valence-electron chi connectivity index (χ1n) is 5.01. The van der Waals surface area contributed by atoms with E-state index in [1.807, 2.05) is 12.2 Å². The Morgan fingerprint density at radius 2 is 1.47 bits per heavy atom. The number of nitrogens with two attached hydrogens (primary N) is 2. The molecule has 0 aliphatic rings. The molecule has 1 aromatic heterocycles. The van der Waals surface area contributed by atoms with Crippen LogP contribution in [0.5, 0.6) is 0 Å². The van der Waals surface area contributed by atoms with Crippen molar-refractivity contribution in [1.29, 1.82) is 0 Å². The van der Waals surface area contributed by atoms with Crippen LogP contribution in [-0.2, 0) is 0 Å². The lowest BCUT2D eigenvalue weighted by molar-refractivity contribution is 0.756. The lowest BCUT2D eigenvalue weighted by Crippen LogP contribution is -2.07. The van der Waals surface area contributed by atoms with E-state index in [2.05, 4.69) is 25.3 Å². The van der Waals surface area contributed by atoms with Gasteiger partial charge in [-0.15, -0.1) is 24.5 Å². The van der Waals surface area contributed by atoms with Gasteiger partial charge in [0, 0.05) is 21.8 Å². The molecule has 0 aromatic carbocycles. The van der Waals surface area contributed by atoms with Crippen molar-refractivity contribution in [2.75, 3.05) is 0 Å². The highest BCUT2D eigenvalue weighted by atomic mass is 32.1. The summed E-state index contributed by atoms with van der Waals surface area (Å²) in [5.74, 6) is 0. The maximum absolute atomic E-state index is 5.97. The van der Waals surface area contributed by atoms with Gasteiger partial charge in [-0.1, -0.05) is 12.2 Å². The third-order valence-corrected chi connectivity index (χ3v) is 3.57. The van der Waals surface area contributed by atoms with Gasteiger partial charge in [-0.3, -0.25) is 0 Å². The average molecular weight is 222 g/mol. The SMILES string of the molecule is C=CC[C@H](N)c1ccc([C@@H](N)CC=C)s1. The van der Waals surface area contributed by atoms with Crippen molar-refractivity contribution < 1.29 is 0 Å². The summed E-state index contributed by atoms with van der Waals surface area (Å²) >= 11 is 1.68. The molecule has 0 spiro atoms. The summed E-state index contributed by atoms with van der Waals surface area (Å²) in [6.07, 6.45) is 5.29. The Balaban J connectivity index is 2.70. The number of thiophene rings is 1. The standard InChI is InChI=1S/C12H18N2S/c1-3-5-9(13)11-7-8-12(15-11)10(14)6-4-2/h3-4,7-10H,1-2,5-6,13-14H2/t9-,10-/m0/s1. The second kappa shape index (κ2) is 5.85. The number of rotatable bonds is 6. The fourth-order valence-electron chi connectivity index (χ4n) is 1.36. The molecule has 1 rings (SSSR count). The fraction of sp³-hybridized carbons (Fsp3) is 0.333. The van der Waals surface area contributed by atoms with Gasteiger partial charge in [0.2, 0.25) is 0 Å². The molecule has 0 radical (unpaired) electrons. The summed E-state index contributed by atoms with van der Waals surface area (Å²) in [6, 6.07) is 4.21. The Bertz CT molecular complexity index is 300. The largest absolute Gasteiger partial charge is 0.323 e. The molecule has 0 saturated heterocycles. The average Bonchev–Trinajstić information content (AvgIpc) is 2.67. The first-order chi connectivity index (χ1) is 7.19. The second-order valence-electron chi connectivity index (χ2n) is 3.50. The molecule has 15 heavy (non-hydrogen) atoms. The lowest BCUT2D eigenvalue weighted by atomic mass is 10.1. The molecular formula is C12H18N2S. The minimum absolute atomic E-state index is 0.0529. The van der Waals surface area contributed by atoms with Crippen LogP contribution in [-0.4, -0.2) is 0 Å². The van der Waals surface area contributed by atoms with Crippen LogP contribution in [0, 0.1) is 0 Å². The van der Waals surface area contributed by atoms with Gasteiger partial charge in [0.1, 0.15) is 0 Å². The Labute approximate surface area is 95.3 Å². The highest BCUT2D eigenvalue weighted by Crippen LogP contribution is 2.28. The quantitative estimate of drug-likeness (QED) is 0.727. The third kappa shape index (κ3) is 3.30. The lowest BCUT2D eigenvalue weighted by Gasteiger charge is -2.07. The molecule has 0 unspecified atom stereocenters. The molecule has 0 saturated carbocycles. The van der Waals surface area contributed by atoms with Gasteiger partial charge < -0.3 is 11.5 Å². The monoisotopic (exact) mass is 222 g/mol. The Morgan fingerprint density at radius 1 is 1.07 bits per heavy atom. The van der Waals surface area contributed by atoms with Crippen LogP contribution >= 0.6 is 11.3 Å². The maximum Gasteiger partial charge on any atom is 0.0424 e. The van der Waals surface area contributed by atoms with Crippen LogP contribution in [0.2, 0.25) is 0 Å². The molecular weight excluding hydrogens is 204 g/mol. The van der Waals surface area contributed by atoms with Crippen molar-refractivity contribution in [2.45, 2.75) is 24.9 Å². The summed E-state index contributed by atoms with van der Waals surface area (Å²) in [7, 11) is 0. The molecule has 2 nitrogen and oxygen atoms in total. The second-order valence-corrected chi connectivity index (χ2v) is 4.65.